The van der Waals surface area contributed by atoms with Gasteiger partial charge in [-0.05, 0) is 73.9 Å². The molecule has 2 heterocycles. The van der Waals surface area contributed by atoms with E-state index in [4.69, 9.17) is 23.2 Å². The average Bonchev–Trinajstić information content (AvgIpc) is 3.31. The highest BCUT2D eigenvalue weighted by molar-refractivity contribution is 7.91. The number of hydrogen-bond acceptors (Lipinski definition) is 4. The molecule has 1 aliphatic rings. The fourth-order valence-corrected chi connectivity index (χ4v) is 5.78. The lowest BCUT2D eigenvalue weighted by molar-refractivity contribution is -0.138. The first-order valence-electron chi connectivity index (χ1n) is 11.0. The Morgan fingerprint density at radius 2 is 1.80 bits per heavy atom. The van der Waals surface area contributed by atoms with Crippen LogP contribution in [0.25, 0.3) is 10.9 Å². The molecule has 1 atom stereocenters. The Hall–Kier alpha value is -1.98. The number of likely N-dealkylation sites (tertiary alicyclic amines) is 1. The number of nitrogens with one attached hydrogen (secondary N) is 1. The van der Waals surface area contributed by atoms with Gasteiger partial charge in [0.05, 0.1) is 28.0 Å². The van der Waals surface area contributed by atoms with Crippen molar-refractivity contribution in [1.82, 2.24) is 14.5 Å². The van der Waals surface area contributed by atoms with Crippen molar-refractivity contribution < 1.29 is 17.7 Å². The van der Waals surface area contributed by atoms with E-state index < -0.39 is 34.2 Å². The smallest absolute Gasteiger partial charge is 0.416 e. The van der Waals surface area contributed by atoms with Gasteiger partial charge in [-0.15, -0.1) is 0 Å². The second-order valence-corrected chi connectivity index (χ2v) is 10.9. The van der Waals surface area contributed by atoms with Gasteiger partial charge in [0.25, 0.3) is 5.56 Å². The van der Waals surface area contributed by atoms with Gasteiger partial charge in [0.15, 0.2) is 4.90 Å². The minimum absolute atomic E-state index is 0.0383. The topological polar surface area (TPSA) is 81.2 Å². The van der Waals surface area contributed by atoms with Gasteiger partial charge in [0.1, 0.15) is 5.75 Å². The van der Waals surface area contributed by atoms with Crippen LogP contribution in [0.5, 0.6) is 0 Å². The van der Waals surface area contributed by atoms with Gasteiger partial charge in [0, 0.05) is 17.1 Å². The molecule has 6 nitrogen and oxygen atoms in total. The van der Waals surface area contributed by atoms with Crippen LogP contribution in [0, 0.1) is 0 Å². The van der Waals surface area contributed by atoms with E-state index in [1.807, 2.05) is 4.90 Å². The highest BCUT2D eigenvalue weighted by atomic mass is 35.5. The quantitative estimate of drug-likeness (QED) is 0.450. The lowest BCUT2D eigenvalue weighted by Gasteiger charge is -2.21. The Kier molecular flexibility index (Phi) is 7.59. The number of nitrogens with zero attached hydrogens (tertiary/aromatic N) is 2. The number of rotatable bonds is 6. The summed E-state index contributed by atoms with van der Waals surface area (Å²) in [4.78, 5) is 30.9. The summed E-state index contributed by atoms with van der Waals surface area (Å²) in [6.45, 7) is 2.64. The van der Waals surface area contributed by atoms with Gasteiger partial charge >= 0.3 is 11.9 Å². The van der Waals surface area contributed by atoms with E-state index in [2.05, 4.69) is 4.98 Å². The second-order valence-electron chi connectivity index (χ2n) is 8.33. The summed E-state index contributed by atoms with van der Waals surface area (Å²) in [6.07, 6.45) is -3.00. The number of benzene rings is 2. The van der Waals surface area contributed by atoms with Gasteiger partial charge in [-0.3, -0.25) is 14.3 Å². The number of alkyl halides is 3. The molecule has 1 fully saturated rings. The molecule has 0 bridgehead atoms. The monoisotopic (exact) mass is 547 g/mol. The van der Waals surface area contributed by atoms with Gasteiger partial charge in [0.2, 0.25) is 0 Å². The first-order chi connectivity index (χ1) is 16.5. The summed E-state index contributed by atoms with van der Waals surface area (Å²) in [5, 5.41) is -0.345. The summed E-state index contributed by atoms with van der Waals surface area (Å²) < 4.78 is 55.2. The summed E-state index contributed by atoms with van der Waals surface area (Å²) in [5.41, 5.74) is -2.73. The van der Waals surface area contributed by atoms with E-state index in [-0.39, 0.29) is 34.6 Å². The van der Waals surface area contributed by atoms with E-state index in [0.717, 1.165) is 23.5 Å². The Morgan fingerprint density at radius 1 is 1.11 bits per heavy atom. The molecule has 0 saturated carbocycles. The molecule has 0 amide bonds. The van der Waals surface area contributed by atoms with Gasteiger partial charge in [-0.1, -0.05) is 23.2 Å². The zero-order valence-corrected chi connectivity index (χ0v) is 21.0. The third kappa shape index (κ3) is 5.27. The zero-order chi connectivity index (χ0) is 25.5. The van der Waals surface area contributed by atoms with Crippen molar-refractivity contribution in [3.63, 3.8) is 0 Å². The van der Waals surface area contributed by atoms with Gasteiger partial charge in [-0.2, -0.15) is 13.2 Å². The minimum Gasteiger partial charge on any atom is -0.611 e. The van der Waals surface area contributed by atoms with Crippen LogP contribution in [0.2, 0.25) is 10.0 Å². The van der Waals surface area contributed by atoms with Gasteiger partial charge < -0.3 is 9.54 Å². The largest absolute Gasteiger partial charge is 0.611 e. The minimum atomic E-state index is -4.75. The molecule has 0 aliphatic carbocycles. The summed E-state index contributed by atoms with van der Waals surface area (Å²) in [5.74, 6) is 0.294. The van der Waals surface area contributed by atoms with Crippen LogP contribution < -0.4 is 11.2 Å². The normalized spacial score (nSPS) is 15.7. The van der Waals surface area contributed by atoms with Crippen LogP contribution in [0.1, 0.15) is 36.5 Å². The molecule has 12 heteroatoms. The molecular formula is C23H22Cl2F3N3O3S. The fraction of sp³-hybridized carbons (Fsp3) is 0.391. The molecule has 4 rings (SSSR count). The lowest BCUT2D eigenvalue weighted by atomic mass is 10.0. The zero-order valence-electron chi connectivity index (χ0n) is 18.7. The van der Waals surface area contributed by atoms with E-state index in [1.165, 1.54) is 6.07 Å². The number of aromatic amines is 1. The second kappa shape index (κ2) is 10.2. The van der Waals surface area contributed by atoms with Crippen molar-refractivity contribution in [2.24, 2.45) is 0 Å². The molecule has 1 aliphatic heterocycles. The SMILES string of the molecule is CC[S+]([O-])c1ccc(Cl)cc1Cn1c(=O)[nH]c2c(Cl)c(CN3CCCC3)c(C(F)(F)F)cc2c1=O. The highest BCUT2D eigenvalue weighted by Gasteiger charge is 2.36. The first-order valence-corrected chi connectivity index (χ1v) is 13.0. The number of aromatic nitrogens is 2. The maximum atomic E-state index is 14.0. The van der Waals surface area contributed by atoms with Crippen molar-refractivity contribution in [2.75, 3.05) is 18.8 Å². The molecule has 188 valence electrons. The molecule has 3 aromatic rings. The average molecular weight is 548 g/mol. The Morgan fingerprint density at radius 3 is 2.43 bits per heavy atom. The van der Waals surface area contributed by atoms with E-state index in [1.54, 1.807) is 19.1 Å². The van der Waals surface area contributed by atoms with Gasteiger partial charge in [-0.25, -0.2) is 4.79 Å². The third-order valence-corrected chi connectivity index (χ3v) is 8.13. The Bertz CT molecular complexity index is 1380. The number of H-pyrrole nitrogens is 1. The first kappa shape index (κ1) is 26.1. The molecule has 1 unspecified atom stereocenters. The maximum Gasteiger partial charge on any atom is 0.416 e. The molecule has 0 spiro atoms. The van der Waals surface area contributed by atoms with Crippen molar-refractivity contribution in [1.29, 1.82) is 0 Å². The van der Waals surface area contributed by atoms with Crippen molar-refractivity contribution >= 4 is 45.3 Å². The Balaban J connectivity index is 1.89. The van der Waals surface area contributed by atoms with Crippen molar-refractivity contribution in [3.8, 4) is 0 Å². The third-order valence-electron chi connectivity index (χ3n) is 6.06. The van der Waals surface area contributed by atoms with Crippen LogP contribution in [0.4, 0.5) is 13.2 Å². The van der Waals surface area contributed by atoms with Crippen LogP contribution in [0.3, 0.4) is 0 Å². The molecule has 35 heavy (non-hydrogen) atoms. The standard InChI is InChI=1S/C23H22Cl2F3N3O3S/c1-2-35(34)18-6-5-14(24)9-13(18)11-31-21(32)15-10-17(23(26,27)28)16(12-30-7-3-4-8-30)19(25)20(15)29-22(31)33/h5-6,9-10H,2-4,7-8,11-12H2,1H3,(H,29,33). The molecule has 1 N–H and O–H groups in total. The van der Waals surface area contributed by atoms with Crippen LogP contribution in [-0.2, 0) is 30.4 Å². The highest BCUT2D eigenvalue weighted by Crippen LogP contribution is 2.39. The van der Waals surface area contributed by atoms with Crippen LogP contribution in [0.15, 0.2) is 38.8 Å². The molecule has 1 saturated heterocycles. The number of halogens is 5. The summed E-state index contributed by atoms with van der Waals surface area (Å²) >= 11 is 11.0. The number of fused-ring (bicyclic) bond motifs is 1. The summed E-state index contributed by atoms with van der Waals surface area (Å²) in [6, 6.07) is 5.32. The number of hydrogen-bond donors (Lipinski definition) is 1. The van der Waals surface area contributed by atoms with Crippen molar-refractivity contribution in [2.45, 2.75) is 43.9 Å². The van der Waals surface area contributed by atoms with Crippen molar-refractivity contribution in [3.05, 3.63) is 71.8 Å². The predicted molar refractivity (Wildman–Crippen MR) is 131 cm³/mol. The van der Waals surface area contributed by atoms with E-state index in [9.17, 15) is 27.3 Å². The molecule has 2 aromatic carbocycles. The lowest BCUT2D eigenvalue weighted by Crippen LogP contribution is -2.36. The summed E-state index contributed by atoms with van der Waals surface area (Å²) in [7, 11) is 0. The predicted octanol–water partition coefficient (Wildman–Crippen LogP) is 4.79. The Labute approximate surface area is 211 Å². The van der Waals surface area contributed by atoms with E-state index >= 15 is 0 Å². The molecule has 1 aromatic heterocycles. The van der Waals surface area contributed by atoms with Crippen LogP contribution >= 0.6 is 23.2 Å². The van der Waals surface area contributed by atoms with E-state index in [0.29, 0.717) is 34.3 Å². The van der Waals surface area contributed by atoms with Crippen LogP contribution in [-0.4, -0.2) is 37.8 Å². The molecular weight excluding hydrogens is 526 g/mol. The fourth-order valence-electron chi connectivity index (χ4n) is 4.33. The maximum absolute atomic E-state index is 14.0. The molecule has 0 radical (unpaired) electrons.